The number of hydrogen-bond donors (Lipinski definition) is 4. The van der Waals surface area contributed by atoms with Gasteiger partial charge in [-0.2, -0.15) is 0 Å². The zero-order valence-corrected chi connectivity index (χ0v) is 41.5. The van der Waals surface area contributed by atoms with Crippen LogP contribution in [-0.4, -0.2) is 122 Å². The molecule has 6 rings (SSSR count). The van der Waals surface area contributed by atoms with Gasteiger partial charge < -0.3 is 45.4 Å². The van der Waals surface area contributed by atoms with Crippen molar-refractivity contribution in [1.82, 2.24) is 20.4 Å². The Morgan fingerprint density at radius 3 is 1.43 bits per heavy atom. The second-order valence-corrected chi connectivity index (χ2v) is 20.5. The lowest BCUT2D eigenvalue weighted by atomic mass is 10.0. The van der Waals surface area contributed by atoms with E-state index in [9.17, 15) is 57.4 Å². The Morgan fingerprint density at radius 1 is 0.667 bits per heavy atom. The van der Waals surface area contributed by atoms with Gasteiger partial charge in [0.1, 0.15) is 46.3 Å². The van der Waals surface area contributed by atoms with Gasteiger partial charge in [0.25, 0.3) is 11.4 Å². The lowest BCUT2D eigenvalue weighted by Gasteiger charge is -2.33. The van der Waals surface area contributed by atoms with E-state index in [1.807, 2.05) is 0 Å². The quantitative estimate of drug-likeness (QED) is 0.0981. The summed E-state index contributed by atoms with van der Waals surface area (Å²) in [4.78, 5) is 107. The number of nitro benzene ring substituents is 2. The molecule has 0 radical (unpaired) electrons. The first-order chi connectivity index (χ1) is 34.0. The van der Waals surface area contributed by atoms with Crippen LogP contribution >= 0.6 is 0 Å². The molecular weight excluding hydrogens is 966 g/mol. The van der Waals surface area contributed by atoms with E-state index in [-0.39, 0.29) is 67.7 Å². The van der Waals surface area contributed by atoms with Crippen LogP contribution in [0.25, 0.3) is 0 Å². The van der Waals surface area contributed by atoms with Gasteiger partial charge >= 0.3 is 12.2 Å². The van der Waals surface area contributed by atoms with Crippen molar-refractivity contribution in [2.24, 2.45) is 11.8 Å². The predicted octanol–water partition coefficient (Wildman–Crippen LogP) is 5.75. The maximum Gasteiger partial charge on any atom is 0.407 e. The average molecular weight is 1020 g/mol. The summed E-state index contributed by atoms with van der Waals surface area (Å²) in [5.41, 5.74) is -0.670. The molecule has 0 aliphatic carbocycles. The number of methoxy groups -OCH3 is 2. The summed E-state index contributed by atoms with van der Waals surface area (Å²) in [6.45, 7) is 7.22. The first-order valence-electron chi connectivity index (χ1n) is 23.2. The molecular formula is C47H58FN9O14S. The van der Waals surface area contributed by atoms with E-state index in [0.717, 1.165) is 32.6 Å². The molecule has 25 heteroatoms. The van der Waals surface area contributed by atoms with Gasteiger partial charge in [0.05, 0.1) is 36.1 Å². The number of nitrogens with one attached hydrogen (secondary N) is 4. The van der Waals surface area contributed by atoms with Gasteiger partial charge in [-0.1, -0.05) is 39.8 Å². The van der Waals surface area contributed by atoms with Crippen LogP contribution in [0.5, 0.6) is 0 Å². The number of hydrogen-bond acceptors (Lipinski definition) is 15. The van der Waals surface area contributed by atoms with Crippen LogP contribution in [0, 0.1) is 37.9 Å². The van der Waals surface area contributed by atoms with Gasteiger partial charge in [-0.25, -0.2) is 22.4 Å². The third kappa shape index (κ3) is 11.7. The number of anilines is 3. The first kappa shape index (κ1) is 53.9. The zero-order chi connectivity index (χ0) is 52.9. The summed E-state index contributed by atoms with van der Waals surface area (Å²) in [7, 11) is -1.72. The fraction of sp³-hybridized carbons (Fsp3) is 0.489. The van der Waals surface area contributed by atoms with Crippen LogP contribution in [0.3, 0.4) is 0 Å². The molecule has 4 N–H and O–H groups in total. The summed E-state index contributed by atoms with van der Waals surface area (Å²) < 4.78 is 49.9. The minimum Gasteiger partial charge on any atom is -0.453 e. The number of amides is 6. The Hall–Kier alpha value is -7.44. The standard InChI is InChI=1S/C47H58FN9O14S/c1-25(2)40(51-46(62)70-5)44(60)53-20-8-10-35(53)42(58)49-31-15-12-27(22-37(31)56(64)65)33-17-18-34(55(33)29-14-19-39(30(48)24-29)72(7,68)69)28-13-16-32(38(23-28)57(66)67)50-43(59)36-11-9-21-54(36)45(61)41(26(3)4)52-47(63)71-6/h12-16,19,22-26,33-36,40-41H,8-11,17-18,20-21H2,1-7H3,(H,49,58)(H,50,59)(H,51,62)(H,52,63)/t33-,34-,35+,36+,40+,41+/m1/s1. The number of sulfone groups is 1. The van der Waals surface area contributed by atoms with E-state index in [4.69, 9.17) is 0 Å². The van der Waals surface area contributed by atoms with E-state index >= 15 is 4.39 Å². The monoisotopic (exact) mass is 1020 g/mol. The molecule has 72 heavy (non-hydrogen) atoms. The molecule has 3 fully saturated rings. The smallest absolute Gasteiger partial charge is 0.407 e. The van der Waals surface area contributed by atoms with Crippen molar-refractivity contribution in [3.05, 3.63) is 91.8 Å². The Morgan fingerprint density at radius 2 is 1.08 bits per heavy atom. The summed E-state index contributed by atoms with van der Waals surface area (Å²) >= 11 is 0. The predicted molar refractivity (Wildman–Crippen MR) is 258 cm³/mol. The van der Waals surface area contributed by atoms with Crippen LogP contribution in [0.4, 0.5) is 42.4 Å². The first-order valence-corrected chi connectivity index (χ1v) is 25.1. The van der Waals surface area contributed by atoms with E-state index < -0.39 is 114 Å². The second kappa shape index (κ2) is 22.3. The molecule has 6 atom stereocenters. The van der Waals surface area contributed by atoms with Gasteiger partial charge in [0.15, 0.2) is 9.84 Å². The Labute approximate surface area is 414 Å². The summed E-state index contributed by atoms with van der Waals surface area (Å²) in [6.07, 6.45) is 0.999. The molecule has 0 spiro atoms. The summed E-state index contributed by atoms with van der Waals surface area (Å²) in [6, 6.07) is 5.87. The molecule has 0 aromatic heterocycles. The van der Waals surface area contributed by atoms with E-state index in [2.05, 4.69) is 30.7 Å². The Bertz CT molecular complexity index is 2620. The number of nitrogens with zero attached hydrogens (tertiary/aromatic N) is 5. The van der Waals surface area contributed by atoms with Crippen molar-refractivity contribution in [2.45, 2.75) is 107 Å². The van der Waals surface area contributed by atoms with Crippen LogP contribution in [0.15, 0.2) is 59.5 Å². The third-order valence-electron chi connectivity index (χ3n) is 13.2. The minimum absolute atomic E-state index is 0.132. The number of benzene rings is 3. The van der Waals surface area contributed by atoms with E-state index in [1.54, 1.807) is 32.6 Å². The molecule has 3 aliphatic rings. The molecule has 3 aromatic rings. The number of likely N-dealkylation sites (tertiary alicyclic amines) is 2. The highest BCUT2D eigenvalue weighted by molar-refractivity contribution is 7.90. The van der Waals surface area contributed by atoms with Gasteiger partial charge in [0, 0.05) is 37.2 Å². The Kier molecular flexibility index (Phi) is 16.7. The van der Waals surface area contributed by atoms with Crippen LogP contribution < -0.4 is 26.2 Å². The molecule has 23 nitrogen and oxygen atoms in total. The third-order valence-corrected chi connectivity index (χ3v) is 14.3. The fourth-order valence-corrected chi connectivity index (χ4v) is 10.3. The van der Waals surface area contributed by atoms with Crippen molar-refractivity contribution >= 4 is 74.1 Å². The maximum atomic E-state index is 15.7. The molecule has 3 aliphatic heterocycles. The number of nitro groups is 2. The van der Waals surface area contributed by atoms with Gasteiger partial charge in [-0.3, -0.25) is 39.4 Å². The molecule has 3 aromatic carbocycles. The van der Waals surface area contributed by atoms with Gasteiger partial charge in [-0.15, -0.1) is 0 Å². The van der Waals surface area contributed by atoms with Gasteiger partial charge in [-0.05, 0) is 91.8 Å². The lowest BCUT2D eigenvalue weighted by molar-refractivity contribution is -0.384. The molecule has 6 amide bonds. The summed E-state index contributed by atoms with van der Waals surface area (Å²) in [5.74, 6) is -4.32. The largest absolute Gasteiger partial charge is 0.453 e. The number of carbonyl (C=O) groups is 6. The second-order valence-electron chi connectivity index (χ2n) is 18.5. The Balaban J connectivity index is 1.31. The van der Waals surface area contributed by atoms with Crippen LogP contribution in [0.2, 0.25) is 0 Å². The van der Waals surface area contributed by atoms with Crippen molar-refractivity contribution < 1.29 is 60.9 Å². The van der Waals surface area contributed by atoms with Crippen molar-refractivity contribution in [1.29, 1.82) is 0 Å². The molecule has 0 unspecified atom stereocenters. The van der Waals surface area contributed by atoms with Crippen molar-refractivity contribution in [3.8, 4) is 0 Å². The number of halogens is 1. The number of ether oxygens (including phenoxy) is 2. The number of rotatable bonds is 16. The molecule has 0 bridgehead atoms. The lowest BCUT2D eigenvalue weighted by Crippen LogP contribution is -2.54. The van der Waals surface area contributed by atoms with Crippen molar-refractivity contribution in [2.75, 3.05) is 49.1 Å². The normalized spacial score (nSPS) is 19.7. The fourth-order valence-electron chi connectivity index (χ4n) is 9.60. The zero-order valence-electron chi connectivity index (χ0n) is 40.7. The molecule has 388 valence electrons. The number of carbonyl (C=O) groups excluding carboxylic acids is 6. The van der Waals surface area contributed by atoms with E-state index in [1.165, 1.54) is 52.3 Å². The molecule has 3 saturated heterocycles. The van der Waals surface area contributed by atoms with Crippen molar-refractivity contribution in [3.63, 3.8) is 0 Å². The molecule has 0 saturated carbocycles. The topological polar surface area (TPSA) is 299 Å². The average Bonchev–Trinajstić information content (AvgIpc) is 4.13. The minimum atomic E-state index is -4.02. The SMILES string of the molecule is COC(=O)N[C@H](C(=O)N1CCC[C@H]1C(=O)Nc1ccc([C@H]2CC[C@H](c3ccc(NC(=O)[C@@H]4CCCN4C(=O)[C@@H](NC(=O)OC)C(C)C)c([N+](=O)[O-])c3)N2c2ccc(S(C)(=O)=O)c(F)c2)cc1[N+](=O)[O-])C(C)C. The highest BCUT2D eigenvalue weighted by atomic mass is 32.2. The van der Waals surface area contributed by atoms with Crippen LogP contribution in [0.1, 0.15) is 89.4 Å². The van der Waals surface area contributed by atoms with E-state index in [0.29, 0.717) is 24.0 Å². The molecule has 3 heterocycles. The van der Waals surface area contributed by atoms with Gasteiger partial charge in [0.2, 0.25) is 23.6 Å². The maximum absolute atomic E-state index is 15.7. The number of alkyl carbamates (subject to hydrolysis) is 2. The van der Waals surface area contributed by atoms with Crippen LogP contribution in [-0.2, 0) is 38.5 Å². The highest BCUT2D eigenvalue weighted by Gasteiger charge is 2.43. The summed E-state index contributed by atoms with van der Waals surface area (Å²) in [5, 5.41) is 35.6. The highest BCUT2D eigenvalue weighted by Crippen LogP contribution is 2.49.